The second-order valence-corrected chi connectivity index (χ2v) is 8.04. The molecule has 0 spiro atoms. The van der Waals surface area contributed by atoms with Gasteiger partial charge in [-0.1, -0.05) is 37.9 Å². The highest BCUT2D eigenvalue weighted by Gasteiger charge is 2.22. The number of carbonyl (C=O) groups is 2. The largest absolute Gasteiger partial charge is 0.462 e. The number of aromatic nitrogens is 3. The topological polar surface area (TPSA) is 112 Å². The van der Waals surface area contributed by atoms with Gasteiger partial charge in [0, 0.05) is 11.6 Å². The Bertz CT molecular complexity index is 831. The Morgan fingerprint density at radius 2 is 1.93 bits per heavy atom. The standard InChI is InChI=1S/C20H27N5O3S/c1-2-12-28-19(27)15-8-10-16(11-9-15)22-17(26)13-29-20-24-23-18(25(20)21)14-6-4-3-5-7-14/h8-11,14H,2-7,12-13,21H2,1H3,(H,22,26). The highest BCUT2D eigenvalue weighted by Crippen LogP contribution is 2.32. The molecule has 0 bridgehead atoms. The fourth-order valence-corrected chi connectivity index (χ4v) is 3.98. The third kappa shape index (κ3) is 5.72. The van der Waals surface area contributed by atoms with Crippen LogP contribution in [0, 0.1) is 0 Å². The summed E-state index contributed by atoms with van der Waals surface area (Å²) in [6.07, 6.45) is 6.59. The van der Waals surface area contributed by atoms with E-state index in [0.29, 0.717) is 28.9 Å². The summed E-state index contributed by atoms with van der Waals surface area (Å²) in [6, 6.07) is 6.62. The zero-order chi connectivity index (χ0) is 20.6. The van der Waals surface area contributed by atoms with Crippen molar-refractivity contribution in [3.8, 4) is 0 Å². The Balaban J connectivity index is 1.50. The molecule has 1 amide bonds. The van der Waals surface area contributed by atoms with E-state index < -0.39 is 0 Å². The number of hydrogen-bond acceptors (Lipinski definition) is 7. The lowest BCUT2D eigenvalue weighted by atomic mass is 9.89. The fourth-order valence-electron chi connectivity index (χ4n) is 3.32. The van der Waals surface area contributed by atoms with Crippen LogP contribution in [-0.2, 0) is 9.53 Å². The predicted molar refractivity (Wildman–Crippen MR) is 112 cm³/mol. The number of nitrogens with zero attached hydrogens (tertiary/aromatic N) is 3. The maximum absolute atomic E-state index is 12.2. The van der Waals surface area contributed by atoms with Gasteiger partial charge in [0.15, 0.2) is 5.82 Å². The molecular weight excluding hydrogens is 390 g/mol. The first-order valence-corrected chi connectivity index (χ1v) is 11.0. The Hall–Kier alpha value is -2.55. The van der Waals surface area contributed by atoms with E-state index in [9.17, 15) is 9.59 Å². The van der Waals surface area contributed by atoms with E-state index in [1.54, 1.807) is 24.3 Å². The lowest BCUT2D eigenvalue weighted by molar-refractivity contribution is -0.113. The minimum absolute atomic E-state index is 0.167. The zero-order valence-electron chi connectivity index (χ0n) is 16.6. The molecule has 29 heavy (non-hydrogen) atoms. The molecular formula is C20H27N5O3S. The van der Waals surface area contributed by atoms with Gasteiger partial charge in [-0.15, -0.1) is 10.2 Å². The van der Waals surface area contributed by atoms with Gasteiger partial charge in [-0.05, 0) is 43.5 Å². The molecule has 9 heteroatoms. The number of esters is 1. The van der Waals surface area contributed by atoms with E-state index in [-0.39, 0.29) is 17.6 Å². The zero-order valence-corrected chi connectivity index (χ0v) is 17.4. The average molecular weight is 418 g/mol. The Labute approximate surface area is 174 Å². The van der Waals surface area contributed by atoms with Crippen molar-refractivity contribution in [3.63, 3.8) is 0 Å². The number of amides is 1. The molecule has 3 rings (SSSR count). The first-order valence-electron chi connectivity index (χ1n) is 9.98. The number of nitrogens with two attached hydrogens (primary N) is 1. The SMILES string of the molecule is CCCOC(=O)c1ccc(NC(=O)CSc2nnc(C3CCCCC3)n2N)cc1. The molecule has 1 aromatic carbocycles. The molecule has 1 aliphatic rings. The van der Waals surface area contributed by atoms with Crippen molar-refractivity contribution in [1.82, 2.24) is 14.9 Å². The van der Waals surface area contributed by atoms with E-state index in [0.717, 1.165) is 25.1 Å². The highest BCUT2D eigenvalue weighted by atomic mass is 32.2. The third-order valence-electron chi connectivity index (χ3n) is 4.84. The van der Waals surface area contributed by atoms with Gasteiger partial charge < -0.3 is 15.9 Å². The maximum atomic E-state index is 12.2. The van der Waals surface area contributed by atoms with Crippen molar-refractivity contribution in [2.75, 3.05) is 23.5 Å². The summed E-state index contributed by atoms with van der Waals surface area (Å²) in [5.74, 6) is 6.93. The first-order chi connectivity index (χ1) is 14.1. The highest BCUT2D eigenvalue weighted by molar-refractivity contribution is 7.99. The van der Waals surface area contributed by atoms with Gasteiger partial charge >= 0.3 is 5.97 Å². The van der Waals surface area contributed by atoms with Crippen LogP contribution in [0.1, 0.15) is 67.5 Å². The van der Waals surface area contributed by atoms with Crippen molar-refractivity contribution in [3.05, 3.63) is 35.7 Å². The molecule has 0 aliphatic heterocycles. The van der Waals surface area contributed by atoms with Crippen LogP contribution in [0.2, 0.25) is 0 Å². The van der Waals surface area contributed by atoms with Crippen LogP contribution in [-0.4, -0.2) is 39.1 Å². The van der Waals surface area contributed by atoms with Crippen molar-refractivity contribution in [2.24, 2.45) is 0 Å². The number of benzene rings is 1. The molecule has 1 aliphatic carbocycles. The number of thioether (sulfide) groups is 1. The minimum Gasteiger partial charge on any atom is -0.462 e. The second kappa shape index (κ2) is 10.3. The Kier molecular flexibility index (Phi) is 7.51. The van der Waals surface area contributed by atoms with Crippen LogP contribution in [0.5, 0.6) is 0 Å². The Morgan fingerprint density at radius 3 is 2.62 bits per heavy atom. The van der Waals surface area contributed by atoms with Crippen LogP contribution in [0.3, 0.4) is 0 Å². The molecule has 1 fully saturated rings. The van der Waals surface area contributed by atoms with Gasteiger partial charge in [0.2, 0.25) is 11.1 Å². The van der Waals surface area contributed by atoms with Crippen LogP contribution in [0.4, 0.5) is 5.69 Å². The van der Waals surface area contributed by atoms with Gasteiger partial charge in [0.25, 0.3) is 0 Å². The summed E-state index contributed by atoms with van der Waals surface area (Å²) in [5.41, 5.74) is 1.07. The fraction of sp³-hybridized carbons (Fsp3) is 0.500. The molecule has 1 aromatic heterocycles. The lowest BCUT2D eigenvalue weighted by Crippen LogP contribution is -2.19. The summed E-state index contributed by atoms with van der Waals surface area (Å²) in [6.45, 7) is 2.33. The maximum Gasteiger partial charge on any atom is 0.338 e. The number of anilines is 1. The van der Waals surface area contributed by atoms with Crippen molar-refractivity contribution < 1.29 is 14.3 Å². The molecule has 0 saturated heterocycles. The van der Waals surface area contributed by atoms with E-state index in [1.165, 1.54) is 35.7 Å². The van der Waals surface area contributed by atoms with Gasteiger partial charge in [-0.25, -0.2) is 9.47 Å². The first kappa shape index (κ1) is 21.2. The normalized spacial score (nSPS) is 14.5. The van der Waals surface area contributed by atoms with Crippen molar-refractivity contribution in [2.45, 2.75) is 56.5 Å². The molecule has 8 nitrogen and oxygen atoms in total. The number of ether oxygens (including phenoxy) is 1. The molecule has 0 radical (unpaired) electrons. The monoisotopic (exact) mass is 417 g/mol. The number of nitrogens with one attached hydrogen (secondary N) is 1. The quantitative estimate of drug-likeness (QED) is 0.385. The number of carbonyl (C=O) groups excluding carboxylic acids is 2. The average Bonchev–Trinajstić information content (AvgIpc) is 3.12. The van der Waals surface area contributed by atoms with Crippen molar-refractivity contribution >= 4 is 29.3 Å². The van der Waals surface area contributed by atoms with E-state index in [2.05, 4.69) is 15.5 Å². The molecule has 3 N–H and O–H groups in total. The number of rotatable bonds is 8. The molecule has 1 heterocycles. The van der Waals surface area contributed by atoms with Crippen LogP contribution >= 0.6 is 11.8 Å². The van der Waals surface area contributed by atoms with Crippen molar-refractivity contribution in [1.29, 1.82) is 0 Å². The third-order valence-corrected chi connectivity index (χ3v) is 5.78. The summed E-state index contributed by atoms with van der Waals surface area (Å²) in [4.78, 5) is 24.0. The molecule has 1 saturated carbocycles. The van der Waals surface area contributed by atoms with Gasteiger partial charge in [-0.3, -0.25) is 4.79 Å². The van der Waals surface area contributed by atoms with E-state index >= 15 is 0 Å². The summed E-state index contributed by atoms with van der Waals surface area (Å²) < 4.78 is 6.60. The second-order valence-electron chi connectivity index (χ2n) is 7.10. The number of hydrogen-bond donors (Lipinski definition) is 2. The van der Waals surface area contributed by atoms with E-state index in [1.807, 2.05) is 6.92 Å². The molecule has 0 atom stereocenters. The smallest absolute Gasteiger partial charge is 0.338 e. The molecule has 2 aromatic rings. The number of nitrogen functional groups attached to an aromatic ring is 1. The Morgan fingerprint density at radius 1 is 1.21 bits per heavy atom. The summed E-state index contributed by atoms with van der Waals surface area (Å²) in [5, 5.41) is 11.7. The molecule has 156 valence electrons. The predicted octanol–water partition coefficient (Wildman–Crippen LogP) is 3.34. The minimum atomic E-state index is -0.365. The summed E-state index contributed by atoms with van der Waals surface area (Å²) >= 11 is 1.25. The van der Waals surface area contributed by atoms with Gasteiger partial charge in [0.05, 0.1) is 17.9 Å². The van der Waals surface area contributed by atoms with Gasteiger partial charge in [-0.2, -0.15) is 0 Å². The van der Waals surface area contributed by atoms with Crippen LogP contribution in [0.15, 0.2) is 29.4 Å². The van der Waals surface area contributed by atoms with Crippen LogP contribution in [0.25, 0.3) is 0 Å². The van der Waals surface area contributed by atoms with Gasteiger partial charge in [0.1, 0.15) is 0 Å². The van der Waals surface area contributed by atoms with E-state index in [4.69, 9.17) is 10.6 Å². The van der Waals surface area contributed by atoms with Crippen LogP contribution < -0.4 is 11.2 Å². The lowest BCUT2D eigenvalue weighted by Gasteiger charge is -2.20. The molecule has 0 unspecified atom stereocenters. The summed E-state index contributed by atoms with van der Waals surface area (Å²) in [7, 11) is 0.